The molecule has 3 atom stereocenters. The fourth-order valence-electron chi connectivity index (χ4n) is 4.83. The Morgan fingerprint density at radius 3 is 2.02 bits per heavy atom. The van der Waals surface area contributed by atoms with E-state index < -0.39 is 52.8 Å². The largest absolute Gasteiger partial charge is 0.460 e. The van der Waals surface area contributed by atoms with Gasteiger partial charge in [-0.15, -0.1) is 0 Å². The second-order valence-corrected chi connectivity index (χ2v) is 13.7. The van der Waals surface area contributed by atoms with E-state index in [0.29, 0.717) is 25.8 Å². The smallest absolute Gasteiger partial charge is 0.410 e. The monoisotopic (exact) mass is 567 g/mol. The second-order valence-electron chi connectivity index (χ2n) is 13.7. The molecule has 0 saturated carbocycles. The minimum Gasteiger partial charge on any atom is -0.460 e. The molecule has 2 aliphatic rings. The molecule has 228 valence electrons. The van der Waals surface area contributed by atoms with Crippen molar-refractivity contribution in [3.63, 3.8) is 0 Å². The number of amides is 3. The molecule has 0 radical (unpaired) electrons. The number of nitrogens with one attached hydrogen (secondary N) is 1. The zero-order chi connectivity index (χ0) is 30.5. The molecule has 11 nitrogen and oxygen atoms in total. The highest BCUT2D eigenvalue weighted by Gasteiger charge is 2.43. The van der Waals surface area contributed by atoms with E-state index in [9.17, 15) is 24.0 Å². The van der Waals surface area contributed by atoms with Gasteiger partial charge in [-0.05, 0) is 101 Å². The number of hydrogen-bond acceptors (Lipinski definition) is 8. The van der Waals surface area contributed by atoms with Gasteiger partial charge < -0.3 is 24.4 Å². The molecule has 2 fully saturated rings. The van der Waals surface area contributed by atoms with E-state index in [-0.39, 0.29) is 31.3 Å². The molecule has 2 heterocycles. The molecule has 0 bridgehead atoms. The van der Waals surface area contributed by atoms with Gasteiger partial charge in [0.15, 0.2) is 0 Å². The molecule has 2 rings (SSSR count). The van der Waals surface area contributed by atoms with Crippen molar-refractivity contribution >= 4 is 29.8 Å². The first-order chi connectivity index (χ1) is 18.3. The molecule has 0 spiro atoms. The maximum atomic E-state index is 13.6. The summed E-state index contributed by atoms with van der Waals surface area (Å²) in [6, 6.07) is -2.03. The number of nitrogens with zero attached hydrogens (tertiary/aromatic N) is 2. The summed E-state index contributed by atoms with van der Waals surface area (Å²) in [5.41, 5.74) is -2.18. The number of fused-ring (bicyclic) bond motifs is 1. The van der Waals surface area contributed by atoms with Crippen LogP contribution in [-0.2, 0) is 33.4 Å². The molecule has 1 N–H and O–H groups in total. The SMILES string of the molecule is CC(C)(C)OC(=O)CC[C@@H](NC(=O)[C@@H]1CC[C@@H]2CCCCN(C(=O)OC(C)(C)C)CC(=O)N21)C(=O)OC(C)(C)C. The minimum atomic E-state index is -1.09. The Kier molecular flexibility index (Phi) is 11.0. The standard InChI is InChI=1S/C29H49N3O8/c1-27(2,3)38-23(34)16-14-20(25(36)39-28(4,5)6)30-24(35)21-15-13-19-12-10-11-17-31(18-22(33)32(19)21)26(37)40-29(7,8)9/h19-21H,10-18H2,1-9H3,(H,30,35)/t19-,20+,21-/m0/s1. The molecule has 0 aromatic carbocycles. The molecule has 0 unspecified atom stereocenters. The zero-order valence-corrected chi connectivity index (χ0v) is 25.8. The van der Waals surface area contributed by atoms with Gasteiger partial charge in [0, 0.05) is 19.0 Å². The van der Waals surface area contributed by atoms with Crippen LogP contribution < -0.4 is 5.32 Å². The average molecular weight is 568 g/mol. The van der Waals surface area contributed by atoms with Crippen LogP contribution in [0, 0.1) is 0 Å². The summed E-state index contributed by atoms with van der Waals surface area (Å²) in [4.78, 5) is 68.1. The minimum absolute atomic E-state index is 0.00785. The number of carbonyl (C=O) groups excluding carboxylic acids is 5. The van der Waals surface area contributed by atoms with E-state index >= 15 is 0 Å². The van der Waals surface area contributed by atoms with Crippen LogP contribution in [-0.4, -0.2) is 87.7 Å². The van der Waals surface area contributed by atoms with Gasteiger partial charge in [0.1, 0.15) is 35.4 Å². The van der Waals surface area contributed by atoms with E-state index in [1.807, 2.05) is 0 Å². The first kappa shape index (κ1) is 33.4. The maximum absolute atomic E-state index is 13.6. The van der Waals surface area contributed by atoms with Gasteiger partial charge in [-0.2, -0.15) is 0 Å². The third-order valence-corrected chi connectivity index (χ3v) is 6.35. The Morgan fingerprint density at radius 1 is 0.850 bits per heavy atom. The van der Waals surface area contributed by atoms with Crippen LogP contribution in [0.2, 0.25) is 0 Å². The predicted molar refractivity (Wildman–Crippen MR) is 148 cm³/mol. The van der Waals surface area contributed by atoms with Crippen LogP contribution >= 0.6 is 0 Å². The predicted octanol–water partition coefficient (Wildman–Crippen LogP) is 3.72. The summed E-state index contributed by atoms with van der Waals surface area (Å²) in [7, 11) is 0. The van der Waals surface area contributed by atoms with Gasteiger partial charge in [0.2, 0.25) is 11.8 Å². The van der Waals surface area contributed by atoms with Gasteiger partial charge in [-0.1, -0.05) is 0 Å². The average Bonchev–Trinajstić information content (AvgIpc) is 3.20. The highest BCUT2D eigenvalue weighted by Crippen LogP contribution is 2.30. The van der Waals surface area contributed by atoms with E-state index in [2.05, 4.69) is 5.32 Å². The van der Waals surface area contributed by atoms with Crippen molar-refractivity contribution in [2.75, 3.05) is 13.1 Å². The number of rotatable bonds is 6. The summed E-state index contributed by atoms with van der Waals surface area (Å²) in [6.45, 7) is 15.9. The van der Waals surface area contributed by atoms with Gasteiger partial charge in [0.05, 0.1) is 0 Å². The summed E-state index contributed by atoms with van der Waals surface area (Å²) >= 11 is 0. The molecule has 40 heavy (non-hydrogen) atoms. The molecular weight excluding hydrogens is 518 g/mol. The summed E-state index contributed by atoms with van der Waals surface area (Å²) in [5.74, 6) is -1.98. The Hall–Kier alpha value is -2.85. The van der Waals surface area contributed by atoms with Crippen LogP contribution in [0.15, 0.2) is 0 Å². The zero-order valence-electron chi connectivity index (χ0n) is 25.8. The van der Waals surface area contributed by atoms with E-state index in [4.69, 9.17) is 14.2 Å². The van der Waals surface area contributed by atoms with Crippen molar-refractivity contribution in [2.45, 2.75) is 142 Å². The molecule has 2 saturated heterocycles. The van der Waals surface area contributed by atoms with Crippen LogP contribution in [0.5, 0.6) is 0 Å². The number of hydrogen-bond donors (Lipinski definition) is 1. The third kappa shape index (κ3) is 11.0. The summed E-state index contributed by atoms with van der Waals surface area (Å²) < 4.78 is 16.4. The quantitative estimate of drug-likeness (QED) is 0.380. The Labute approximate surface area is 238 Å². The van der Waals surface area contributed by atoms with Crippen LogP contribution in [0.4, 0.5) is 4.79 Å². The Bertz CT molecular complexity index is 944. The number of carbonyl (C=O) groups is 5. The lowest BCUT2D eigenvalue weighted by Gasteiger charge is -2.32. The van der Waals surface area contributed by atoms with Crippen molar-refractivity contribution in [1.82, 2.24) is 15.1 Å². The molecule has 2 aliphatic heterocycles. The number of ether oxygens (including phenoxy) is 3. The first-order valence-electron chi connectivity index (χ1n) is 14.3. The van der Waals surface area contributed by atoms with Crippen molar-refractivity contribution < 1.29 is 38.2 Å². The van der Waals surface area contributed by atoms with E-state index in [1.165, 1.54) is 4.90 Å². The second kappa shape index (κ2) is 13.2. The van der Waals surface area contributed by atoms with E-state index in [0.717, 1.165) is 12.8 Å². The molecule has 0 aliphatic carbocycles. The molecule has 11 heteroatoms. The van der Waals surface area contributed by atoms with E-state index in [1.54, 1.807) is 67.2 Å². The maximum Gasteiger partial charge on any atom is 0.410 e. The molecule has 0 aromatic heterocycles. The molecule has 3 amide bonds. The third-order valence-electron chi connectivity index (χ3n) is 6.35. The van der Waals surface area contributed by atoms with Gasteiger partial charge in [-0.3, -0.25) is 19.3 Å². The lowest BCUT2D eigenvalue weighted by Crippen LogP contribution is -2.55. The normalized spacial score (nSPS) is 21.4. The van der Waals surface area contributed by atoms with Gasteiger partial charge in [-0.25, -0.2) is 9.59 Å². The van der Waals surface area contributed by atoms with Gasteiger partial charge in [0.25, 0.3) is 0 Å². The van der Waals surface area contributed by atoms with Crippen LogP contribution in [0.25, 0.3) is 0 Å². The van der Waals surface area contributed by atoms with Crippen molar-refractivity contribution in [3.05, 3.63) is 0 Å². The fourth-order valence-corrected chi connectivity index (χ4v) is 4.83. The highest BCUT2D eigenvalue weighted by molar-refractivity contribution is 5.92. The Morgan fingerprint density at radius 2 is 1.45 bits per heavy atom. The Balaban J connectivity index is 2.19. The molecular formula is C29H49N3O8. The summed E-state index contributed by atoms with van der Waals surface area (Å²) in [6.07, 6.45) is 2.64. The summed E-state index contributed by atoms with van der Waals surface area (Å²) in [5, 5.41) is 2.75. The number of esters is 2. The van der Waals surface area contributed by atoms with Crippen molar-refractivity contribution in [3.8, 4) is 0 Å². The molecule has 0 aromatic rings. The first-order valence-corrected chi connectivity index (χ1v) is 14.3. The van der Waals surface area contributed by atoms with Crippen molar-refractivity contribution in [2.24, 2.45) is 0 Å². The lowest BCUT2D eigenvalue weighted by atomic mass is 10.1. The van der Waals surface area contributed by atoms with Gasteiger partial charge >= 0.3 is 18.0 Å². The highest BCUT2D eigenvalue weighted by atomic mass is 16.6. The van der Waals surface area contributed by atoms with Crippen LogP contribution in [0.1, 0.15) is 107 Å². The topological polar surface area (TPSA) is 132 Å². The lowest BCUT2D eigenvalue weighted by molar-refractivity contribution is -0.160. The van der Waals surface area contributed by atoms with Crippen LogP contribution in [0.3, 0.4) is 0 Å². The fraction of sp³-hybridized carbons (Fsp3) is 0.828. The van der Waals surface area contributed by atoms with Crippen molar-refractivity contribution in [1.29, 1.82) is 0 Å².